The molecule has 1 fully saturated rings. The standard InChI is InChI=1S/C18H28N2/c1-14(2)13-20(16-9-3-4-10-16)17-11-5-7-15-8-6-12-19-18(15)17/h5,7,11,14,16,19H,3-4,6,8-10,12-13H2,1-2H3. The Morgan fingerprint density at radius 3 is 2.75 bits per heavy atom. The molecule has 1 aromatic carbocycles. The van der Waals surface area contributed by atoms with Crippen LogP contribution in [0.2, 0.25) is 0 Å². The van der Waals surface area contributed by atoms with Crippen molar-refractivity contribution in [3.63, 3.8) is 0 Å². The molecular formula is C18H28N2. The Morgan fingerprint density at radius 1 is 1.20 bits per heavy atom. The van der Waals surface area contributed by atoms with Crippen LogP contribution in [-0.4, -0.2) is 19.1 Å². The first-order valence-electron chi connectivity index (χ1n) is 8.38. The van der Waals surface area contributed by atoms with Crippen LogP contribution in [0.25, 0.3) is 0 Å². The van der Waals surface area contributed by atoms with Crippen LogP contribution >= 0.6 is 0 Å². The second-order valence-corrected chi connectivity index (χ2v) is 6.83. The summed E-state index contributed by atoms with van der Waals surface area (Å²) in [6.45, 7) is 6.99. The van der Waals surface area contributed by atoms with Gasteiger partial charge in [0.25, 0.3) is 0 Å². The topological polar surface area (TPSA) is 15.3 Å². The molecule has 0 unspecified atom stereocenters. The van der Waals surface area contributed by atoms with Crippen LogP contribution in [-0.2, 0) is 6.42 Å². The predicted molar refractivity (Wildman–Crippen MR) is 87.7 cm³/mol. The summed E-state index contributed by atoms with van der Waals surface area (Å²) in [6.07, 6.45) is 8.05. The number of aryl methyl sites for hydroxylation is 1. The molecule has 1 N–H and O–H groups in total. The summed E-state index contributed by atoms with van der Waals surface area (Å²) in [4.78, 5) is 2.70. The highest BCUT2D eigenvalue weighted by Crippen LogP contribution is 2.37. The van der Waals surface area contributed by atoms with Gasteiger partial charge < -0.3 is 10.2 Å². The van der Waals surface area contributed by atoms with Gasteiger partial charge in [-0.2, -0.15) is 0 Å². The SMILES string of the molecule is CC(C)CN(c1cccc2c1NCCC2)C1CCCC1. The molecule has 0 bridgehead atoms. The van der Waals surface area contributed by atoms with E-state index in [0.717, 1.165) is 18.5 Å². The van der Waals surface area contributed by atoms with Crippen molar-refractivity contribution in [1.82, 2.24) is 0 Å². The van der Waals surface area contributed by atoms with Crippen molar-refractivity contribution in [2.24, 2.45) is 5.92 Å². The maximum absolute atomic E-state index is 3.67. The summed E-state index contributed by atoms with van der Waals surface area (Å²) in [5, 5.41) is 3.67. The van der Waals surface area contributed by atoms with Crippen LogP contribution in [0.4, 0.5) is 11.4 Å². The monoisotopic (exact) mass is 272 g/mol. The molecule has 1 aliphatic carbocycles. The average Bonchev–Trinajstić information content (AvgIpc) is 2.98. The zero-order valence-corrected chi connectivity index (χ0v) is 13.0. The maximum Gasteiger partial charge on any atom is 0.0610 e. The van der Waals surface area contributed by atoms with Gasteiger partial charge in [-0.1, -0.05) is 38.8 Å². The second-order valence-electron chi connectivity index (χ2n) is 6.83. The number of benzene rings is 1. The Labute approximate surface area is 123 Å². The maximum atomic E-state index is 3.67. The van der Waals surface area contributed by atoms with Gasteiger partial charge in [0.15, 0.2) is 0 Å². The minimum atomic E-state index is 0.718. The molecule has 2 aliphatic rings. The number of para-hydroxylation sites is 1. The number of anilines is 2. The smallest absolute Gasteiger partial charge is 0.0610 e. The van der Waals surface area contributed by atoms with Gasteiger partial charge in [0.1, 0.15) is 0 Å². The number of nitrogens with one attached hydrogen (secondary N) is 1. The van der Waals surface area contributed by atoms with Gasteiger partial charge in [0, 0.05) is 19.1 Å². The molecule has 0 radical (unpaired) electrons. The minimum absolute atomic E-state index is 0.718. The van der Waals surface area contributed by atoms with Crippen LogP contribution in [0.15, 0.2) is 18.2 Å². The third-order valence-corrected chi connectivity index (χ3v) is 4.69. The van der Waals surface area contributed by atoms with Crippen LogP contribution in [0, 0.1) is 5.92 Å². The van der Waals surface area contributed by atoms with Gasteiger partial charge in [-0.05, 0) is 43.2 Å². The van der Waals surface area contributed by atoms with E-state index in [1.165, 1.54) is 62.0 Å². The first-order chi connectivity index (χ1) is 9.75. The van der Waals surface area contributed by atoms with E-state index in [4.69, 9.17) is 0 Å². The van der Waals surface area contributed by atoms with E-state index in [1.807, 2.05) is 0 Å². The van der Waals surface area contributed by atoms with E-state index in [-0.39, 0.29) is 0 Å². The van der Waals surface area contributed by atoms with E-state index >= 15 is 0 Å². The third-order valence-electron chi connectivity index (χ3n) is 4.69. The molecule has 2 nitrogen and oxygen atoms in total. The highest BCUT2D eigenvalue weighted by atomic mass is 15.2. The fraction of sp³-hybridized carbons (Fsp3) is 0.667. The zero-order chi connectivity index (χ0) is 13.9. The molecule has 2 heteroatoms. The van der Waals surface area contributed by atoms with Gasteiger partial charge in [-0.25, -0.2) is 0 Å². The Hall–Kier alpha value is -1.18. The highest BCUT2D eigenvalue weighted by molar-refractivity contribution is 5.75. The molecular weight excluding hydrogens is 244 g/mol. The van der Waals surface area contributed by atoms with Crippen LogP contribution in [0.1, 0.15) is 51.5 Å². The summed E-state index contributed by atoms with van der Waals surface area (Å²) in [5.41, 5.74) is 4.40. The molecule has 20 heavy (non-hydrogen) atoms. The van der Waals surface area contributed by atoms with Crippen molar-refractivity contribution in [3.05, 3.63) is 23.8 Å². The summed E-state index contributed by atoms with van der Waals surface area (Å²) < 4.78 is 0. The second kappa shape index (κ2) is 6.07. The van der Waals surface area contributed by atoms with Gasteiger partial charge >= 0.3 is 0 Å². The van der Waals surface area contributed by atoms with E-state index in [0.29, 0.717) is 0 Å². The highest BCUT2D eigenvalue weighted by Gasteiger charge is 2.26. The minimum Gasteiger partial charge on any atom is -0.383 e. The lowest BCUT2D eigenvalue weighted by Gasteiger charge is -2.36. The molecule has 1 aromatic rings. The fourth-order valence-electron chi connectivity index (χ4n) is 3.78. The zero-order valence-electron chi connectivity index (χ0n) is 13.0. The lowest BCUT2D eigenvalue weighted by molar-refractivity contribution is 0.536. The van der Waals surface area contributed by atoms with Crippen molar-refractivity contribution in [1.29, 1.82) is 0 Å². The Kier molecular flexibility index (Phi) is 4.18. The molecule has 1 aliphatic heterocycles. The van der Waals surface area contributed by atoms with E-state index < -0.39 is 0 Å². The summed E-state index contributed by atoms with van der Waals surface area (Å²) >= 11 is 0. The molecule has 0 spiro atoms. The average molecular weight is 272 g/mol. The molecule has 0 aromatic heterocycles. The normalized spacial score (nSPS) is 18.9. The van der Waals surface area contributed by atoms with Crippen molar-refractivity contribution in [3.8, 4) is 0 Å². The predicted octanol–water partition coefficient (Wildman–Crippen LogP) is 4.45. The summed E-state index contributed by atoms with van der Waals surface area (Å²) in [7, 11) is 0. The largest absolute Gasteiger partial charge is 0.383 e. The Bertz CT molecular complexity index is 447. The quantitative estimate of drug-likeness (QED) is 0.871. The van der Waals surface area contributed by atoms with Crippen LogP contribution in [0.5, 0.6) is 0 Å². The van der Waals surface area contributed by atoms with Crippen LogP contribution < -0.4 is 10.2 Å². The van der Waals surface area contributed by atoms with Crippen molar-refractivity contribution in [2.45, 2.75) is 58.4 Å². The lowest BCUT2D eigenvalue weighted by atomic mass is 10.00. The number of rotatable bonds is 4. The Balaban J connectivity index is 1.93. The Morgan fingerprint density at radius 2 is 2.00 bits per heavy atom. The van der Waals surface area contributed by atoms with Crippen molar-refractivity contribution in [2.75, 3.05) is 23.3 Å². The molecule has 1 heterocycles. The molecule has 0 saturated heterocycles. The van der Waals surface area contributed by atoms with E-state index in [2.05, 4.69) is 42.3 Å². The van der Waals surface area contributed by atoms with E-state index in [9.17, 15) is 0 Å². The number of hydrogen-bond acceptors (Lipinski definition) is 2. The summed E-state index contributed by atoms with van der Waals surface area (Å²) in [6, 6.07) is 7.64. The van der Waals surface area contributed by atoms with Crippen LogP contribution in [0.3, 0.4) is 0 Å². The third kappa shape index (κ3) is 2.79. The molecule has 0 atom stereocenters. The van der Waals surface area contributed by atoms with Crippen molar-refractivity contribution >= 4 is 11.4 Å². The first kappa shape index (κ1) is 13.8. The van der Waals surface area contributed by atoms with Gasteiger partial charge in [0.2, 0.25) is 0 Å². The van der Waals surface area contributed by atoms with Gasteiger partial charge in [-0.15, -0.1) is 0 Å². The first-order valence-corrected chi connectivity index (χ1v) is 8.38. The van der Waals surface area contributed by atoms with E-state index in [1.54, 1.807) is 0 Å². The molecule has 3 rings (SSSR count). The number of fused-ring (bicyclic) bond motifs is 1. The van der Waals surface area contributed by atoms with Crippen molar-refractivity contribution < 1.29 is 0 Å². The van der Waals surface area contributed by atoms with Gasteiger partial charge in [0.05, 0.1) is 11.4 Å². The number of nitrogens with zero attached hydrogens (tertiary/aromatic N) is 1. The van der Waals surface area contributed by atoms with Gasteiger partial charge in [-0.3, -0.25) is 0 Å². The molecule has 110 valence electrons. The number of hydrogen-bond donors (Lipinski definition) is 1. The molecule has 1 saturated carbocycles. The summed E-state index contributed by atoms with van der Waals surface area (Å²) in [5.74, 6) is 0.718. The molecule has 0 amide bonds. The lowest BCUT2D eigenvalue weighted by Crippen LogP contribution is -2.37. The fourth-order valence-corrected chi connectivity index (χ4v) is 3.78.